The quantitative estimate of drug-likeness (QED) is 0.384. The van der Waals surface area contributed by atoms with Crippen LogP contribution in [-0.4, -0.2) is 32.2 Å². The summed E-state index contributed by atoms with van der Waals surface area (Å²) < 4.78 is 11.7. The number of carbonyl (C=O) groups excluding carboxylic acids is 1. The van der Waals surface area contributed by atoms with Crippen LogP contribution >= 0.6 is 22.6 Å². The monoisotopic (exact) mass is 362 g/mol. The average molecular weight is 362 g/mol. The first-order valence-electron chi connectivity index (χ1n) is 6.18. The molecule has 1 rings (SSSR count). The van der Waals surface area contributed by atoms with Crippen LogP contribution in [-0.2, 0) is 9.47 Å². The summed E-state index contributed by atoms with van der Waals surface area (Å²) in [5.41, 5.74) is 0.697. The molecular weight excluding hydrogens is 343 g/mol. The number of hydrogen-bond donors (Lipinski definition) is 0. The van der Waals surface area contributed by atoms with Crippen LogP contribution in [0.15, 0.2) is 24.3 Å². The summed E-state index contributed by atoms with van der Waals surface area (Å²) in [5, 5.41) is 0. The second-order valence-corrected chi connectivity index (χ2v) is 5.19. The highest BCUT2D eigenvalue weighted by molar-refractivity contribution is 14.1. The summed E-state index contributed by atoms with van der Waals surface area (Å²) in [6.07, 6.45) is 2.20. The molecule has 0 aliphatic heterocycles. The molecule has 0 saturated heterocycles. The van der Waals surface area contributed by atoms with Gasteiger partial charge in [-0.1, -0.05) is 25.5 Å². The summed E-state index contributed by atoms with van der Waals surface area (Å²) in [6, 6.07) is 7.49. The molecule has 0 amide bonds. The average Bonchev–Trinajstić information content (AvgIpc) is 2.38. The van der Waals surface area contributed by atoms with Crippen LogP contribution in [0.4, 0.5) is 0 Å². The number of Topliss-reactive ketones (excluding diaryl/α,β-unsaturated/α-hetero) is 1. The number of ketones is 1. The van der Waals surface area contributed by atoms with Gasteiger partial charge in [-0.25, -0.2) is 0 Å². The normalized spacial score (nSPS) is 10.6. The van der Waals surface area contributed by atoms with Gasteiger partial charge in [0.25, 0.3) is 0 Å². The molecule has 0 fully saturated rings. The van der Waals surface area contributed by atoms with Gasteiger partial charge in [0.2, 0.25) is 0 Å². The van der Waals surface area contributed by atoms with E-state index in [-0.39, 0.29) is 12.4 Å². The predicted molar refractivity (Wildman–Crippen MR) is 80.0 cm³/mol. The van der Waals surface area contributed by atoms with Gasteiger partial charge in [0, 0.05) is 15.7 Å². The van der Waals surface area contributed by atoms with Crippen molar-refractivity contribution in [2.24, 2.45) is 0 Å². The molecule has 0 aliphatic carbocycles. The van der Waals surface area contributed by atoms with Crippen molar-refractivity contribution in [2.45, 2.75) is 19.8 Å². The molecular formula is C14H19IO3. The maximum absolute atomic E-state index is 11.7. The number of carbonyl (C=O) groups is 1. The Morgan fingerprint density at radius 1 is 1.11 bits per heavy atom. The molecule has 100 valence electrons. The lowest BCUT2D eigenvalue weighted by Gasteiger charge is -2.05. The van der Waals surface area contributed by atoms with Crippen molar-refractivity contribution >= 4 is 28.4 Å². The van der Waals surface area contributed by atoms with Crippen molar-refractivity contribution in [3.8, 4) is 0 Å². The van der Waals surface area contributed by atoms with Crippen LogP contribution in [0.5, 0.6) is 0 Å². The lowest BCUT2D eigenvalue weighted by atomic mass is 10.1. The maximum atomic E-state index is 11.7. The molecule has 0 N–H and O–H groups in total. The molecule has 0 unspecified atom stereocenters. The Kier molecular flexibility index (Phi) is 8.20. The van der Waals surface area contributed by atoms with E-state index in [1.165, 1.54) is 0 Å². The van der Waals surface area contributed by atoms with Crippen molar-refractivity contribution in [1.82, 2.24) is 0 Å². The van der Waals surface area contributed by atoms with Gasteiger partial charge < -0.3 is 9.47 Å². The van der Waals surface area contributed by atoms with E-state index in [1.54, 1.807) is 0 Å². The number of halogens is 1. The predicted octanol–water partition coefficient (Wildman–Crippen LogP) is 3.31. The molecule has 0 heterocycles. The zero-order chi connectivity index (χ0) is 13.2. The van der Waals surface area contributed by atoms with Gasteiger partial charge in [0.05, 0.1) is 13.2 Å². The SMILES string of the molecule is CCCCOCCOCC(=O)c1ccc(I)cc1. The minimum absolute atomic E-state index is 0.0139. The zero-order valence-electron chi connectivity index (χ0n) is 10.7. The van der Waals surface area contributed by atoms with Crippen molar-refractivity contribution < 1.29 is 14.3 Å². The molecule has 3 nitrogen and oxygen atoms in total. The smallest absolute Gasteiger partial charge is 0.188 e. The lowest BCUT2D eigenvalue weighted by Crippen LogP contribution is -2.12. The summed E-state index contributed by atoms with van der Waals surface area (Å²) in [7, 11) is 0. The first kappa shape index (κ1) is 15.6. The molecule has 0 aliphatic rings. The van der Waals surface area contributed by atoms with E-state index in [2.05, 4.69) is 29.5 Å². The minimum Gasteiger partial charge on any atom is -0.379 e. The zero-order valence-corrected chi connectivity index (χ0v) is 12.8. The van der Waals surface area contributed by atoms with E-state index in [9.17, 15) is 4.79 Å². The minimum atomic E-state index is 0.0139. The fourth-order valence-electron chi connectivity index (χ4n) is 1.35. The Bertz CT molecular complexity index is 349. The second kappa shape index (κ2) is 9.47. The van der Waals surface area contributed by atoms with Crippen LogP contribution in [0.3, 0.4) is 0 Å². The Morgan fingerprint density at radius 2 is 1.78 bits per heavy atom. The molecule has 0 atom stereocenters. The number of benzene rings is 1. The van der Waals surface area contributed by atoms with Crippen LogP contribution in [0.2, 0.25) is 0 Å². The number of unbranched alkanes of at least 4 members (excludes halogenated alkanes) is 1. The summed E-state index contributed by atoms with van der Waals surface area (Å²) in [4.78, 5) is 11.7. The van der Waals surface area contributed by atoms with Crippen molar-refractivity contribution in [2.75, 3.05) is 26.4 Å². The maximum Gasteiger partial charge on any atom is 0.188 e. The Labute approximate surface area is 122 Å². The molecule has 1 aromatic rings. The third kappa shape index (κ3) is 6.47. The van der Waals surface area contributed by atoms with E-state index in [0.717, 1.165) is 23.0 Å². The van der Waals surface area contributed by atoms with Gasteiger partial charge >= 0.3 is 0 Å². The third-order valence-corrected chi connectivity index (χ3v) is 3.13. The van der Waals surface area contributed by atoms with Gasteiger partial charge in [-0.2, -0.15) is 0 Å². The molecule has 1 aromatic carbocycles. The topological polar surface area (TPSA) is 35.5 Å². The van der Waals surface area contributed by atoms with E-state index in [4.69, 9.17) is 9.47 Å². The lowest BCUT2D eigenvalue weighted by molar-refractivity contribution is 0.0432. The fraction of sp³-hybridized carbons (Fsp3) is 0.500. The van der Waals surface area contributed by atoms with E-state index in [0.29, 0.717) is 18.8 Å². The molecule has 0 radical (unpaired) electrons. The molecule has 0 saturated carbocycles. The van der Waals surface area contributed by atoms with Crippen LogP contribution in [0.25, 0.3) is 0 Å². The van der Waals surface area contributed by atoms with Gasteiger partial charge in [-0.15, -0.1) is 0 Å². The molecule has 0 aromatic heterocycles. The highest BCUT2D eigenvalue weighted by Crippen LogP contribution is 2.07. The summed E-state index contributed by atoms with van der Waals surface area (Å²) in [5.74, 6) is 0.0139. The summed E-state index contributed by atoms with van der Waals surface area (Å²) in [6.45, 7) is 4.04. The summed E-state index contributed by atoms with van der Waals surface area (Å²) >= 11 is 2.21. The number of ether oxygens (including phenoxy) is 2. The highest BCUT2D eigenvalue weighted by Gasteiger charge is 2.05. The van der Waals surface area contributed by atoms with Gasteiger partial charge in [0.1, 0.15) is 6.61 Å². The standard InChI is InChI=1S/C14H19IO3/c1-2-3-8-17-9-10-18-11-14(16)12-4-6-13(15)7-5-12/h4-7H,2-3,8-11H2,1H3. The third-order valence-electron chi connectivity index (χ3n) is 2.41. The van der Waals surface area contributed by atoms with Gasteiger partial charge in [0.15, 0.2) is 5.78 Å². The van der Waals surface area contributed by atoms with E-state index in [1.807, 2.05) is 24.3 Å². The molecule has 0 bridgehead atoms. The largest absolute Gasteiger partial charge is 0.379 e. The Hall–Kier alpha value is -0.460. The van der Waals surface area contributed by atoms with Crippen molar-refractivity contribution in [3.63, 3.8) is 0 Å². The Balaban J connectivity index is 2.12. The Morgan fingerprint density at radius 3 is 2.44 bits per heavy atom. The van der Waals surface area contributed by atoms with Gasteiger partial charge in [-0.3, -0.25) is 4.79 Å². The second-order valence-electron chi connectivity index (χ2n) is 3.95. The first-order chi connectivity index (χ1) is 8.74. The molecule has 0 spiro atoms. The van der Waals surface area contributed by atoms with E-state index < -0.39 is 0 Å². The van der Waals surface area contributed by atoms with Crippen LogP contribution in [0.1, 0.15) is 30.1 Å². The molecule has 18 heavy (non-hydrogen) atoms. The van der Waals surface area contributed by atoms with E-state index >= 15 is 0 Å². The fourth-order valence-corrected chi connectivity index (χ4v) is 1.71. The van der Waals surface area contributed by atoms with Crippen molar-refractivity contribution in [1.29, 1.82) is 0 Å². The highest BCUT2D eigenvalue weighted by atomic mass is 127. The molecule has 4 heteroatoms. The number of hydrogen-bond acceptors (Lipinski definition) is 3. The van der Waals surface area contributed by atoms with Crippen molar-refractivity contribution in [3.05, 3.63) is 33.4 Å². The van der Waals surface area contributed by atoms with Gasteiger partial charge in [-0.05, 0) is 41.1 Å². The first-order valence-corrected chi connectivity index (χ1v) is 7.26. The number of rotatable bonds is 9. The van der Waals surface area contributed by atoms with Crippen LogP contribution < -0.4 is 0 Å². The van der Waals surface area contributed by atoms with Crippen LogP contribution in [0, 0.1) is 3.57 Å².